The minimum absolute atomic E-state index is 0.315. The Morgan fingerprint density at radius 1 is 1.67 bits per heavy atom. The van der Waals surface area contributed by atoms with Crippen LogP contribution in [-0.2, 0) is 0 Å². The van der Waals surface area contributed by atoms with Gasteiger partial charge in [-0.2, -0.15) is 0 Å². The molecule has 1 heterocycles. The second kappa shape index (κ2) is 3.49. The second-order valence-electron chi connectivity index (χ2n) is 2.31. The number of rotatable bonds is 1. The van der Waals surface area contributed by atoms with Crippen LogP contribution in [0, 0.1) is 6.92 Å². The smallest absolute Gasteiger partial charge is 0.270 e. The summed E-state index contributed by atoms with van der Waals surface area (Å²) in [6.07, 6.45) is 1.58. The van der Waals surface area contributed by atoms with E-state index in [1.165, 1.54) is 11.9 Å². The van der Waals surface area contributed by atoms with Gasteiger partial charge in [0.05, 0.1) is 0 Å². The number of hydrogen-bond acceptors (Lipinski definition) is 3. The van der Waals surface area contributed by atoms with Crippen LogP contribution in [-0.4, -0.2) is 22.4 Å². The average Bonchev–Trinajstić information content (AvgIpc) is 2.03. The highest BCUT2D eigenvalue weighted by Crippen LogP contribution is 2.06. The average molecular weight is 186 g/mol. The number of nitrogens with zero attached hydrogens (tertiary/aromatic N) is 3. The van der Waals surface area contributed by atoms with Gasteiger partial charge in [0.2, 0.25) is 5.95 Å². The number of amides is 1. The molecule has 1 aromatic rings. The van der Waals surface area contributed by atoms with Crippen LogP contribution in [0.3, 0.4) is 0 Å². The highest BCUT2D eigenvalue weighted by Gasteiger charge is 2.09. The van der Waals surface area contributed by atoms with Crippen molar-refractivity contribution in [2.75, 3.05) is 11.9 Å². The first kappa shape index (κ1) is 8.93. The predicted molar refractivity (Wildman–Crippen MR) is 46.4 cm³/mol. The van der Waals surface area contributed by atoms with E-state index < -0.39 is 5.37 Å². The fourth-order valence-electron chi connectivity index (χ4n) is 0.676. The van der Waals surface area contributed by atoms with Gasteiger partial charge in [-0.1, -0.05) is 0 Å². The van der Waals surface area contributed by atoms with E-state index in [-0.39, 0.29) is 0 Å². The lowest BCUT2D eigenvalue weighted by Gasteiger charge is -2.10. The number of anilines is 1. The summed E-state index contributed by atoms with van der Waals surface area (Å²) in [5, 5.41) is -0.597. The molecule has 0 aliphatic heterocycles. The fourth-order valence-corrected chi connectivity index (χ4v) is 0.751. The Labute approximate surface area is 75.2 Å². The molecular formula is C7H8ClN3O. The van der Waals surface area contributed by atoms with Crippen LogP contribution >= 0.6 is 11.6 Å². The SMILES string of the molecule is Cc1ccnc(N(C)C(=O)Cl)n1. The molecule has 0 bridgehead atoms. The topological polar surface area (TPSA) is 46.1 Å². The predicted octanol–water partition coefficient (Wildman–Crippen LogP) is 1.58. The Hall–Kier alpha value is -1.16. The molecule has 1 amide bonds. The van der Waals surface area contributed by atoms with E-state index in [1.54, 1.807) is 12.3 Å². The molecule has 0 atom stereocenters. The summed E-state index contributed by atoms with van der Waals surface area (Å²) in [4.78, 5) is 19.7. The summed E-state index contributed by atoms with van der Waals surface area (Å²) in [6.45, 7) is 1.82. The van der Waals surface area contributed by atoms with Crippen molar-refractivity contribution in [1.29, 1.82) is 0 Å². The standard InChI is InChI=1S/C7H8ClN3O/c1-5-3-4-9-7(10-5)11(2)6(8)12/h3-4H,1-2H3. The van der Waals surface area contributed by atoms with Gasteiger partial charge in [-0.25, -0.2) is 9.97 Å². The van der Waals surface area contributed by atoms with Gasteiger partial charge in [0.15, 0.2) is 0 Å². The van der Waals surface area contributed by atoms with Gasteiger partial charge in [0, 0.05) is 18.9 Å². The minimum Gasteiger partial charge on any atom is -0.270 e. The number of carbonyl (C=O) groups excluding carboxylic acids is 1. The van der Waals surface area contributed by atoms with Crippen LogP contribution in [0.15, 0.2) is 12.3 Å². The molecule has 0 aliphatic carbocycles. The molecule has 1 aromatic heterocycles. The molecule has 0 aromatic carbocycles. The zero-order valence-corrected chi connectivity index (χ0v) is 7.54. The summed E-state index contributed by atoms with van der Waals surface area (Å²) in [5.74, 6) is 0.315. The van der Waals surface area contributed by atoms with Crippen LogP contribution < -0.4 is 4.90 Å². The van der Waals surface area contributed by atoms with Crippen molar-refractivity contribution in [3.63, 3.8) is 0 Å². The molecule has 5 heteroatoms. The Morgan fingerprint density at radius 3 is 2.83 bits per heavy atom. The van der Waals surface area contributed by atoms with Crippen molar-refractivity contribution >= 4 is 22.9 Å². The molecule has 12 heavy (non-hydrogen) atoms. The van der Waals surface area contributed by atoms with E-state index in [0.717, 1.165) is 5.69 Å². The van der Waals surface area contributed by atoms with E-state index in [9.17, 15) is 4.79 Å². The Kier molecular flexibility index (Phi) is 2.60. The summed E-state index contributed by atoms with van der Waals surface area (Å²) in [7, 11) is 1.52. The highest BCUT2D eigenvalue weighted by molar-refractivity contribution is 6.65. The van der Waals surface area contributed by atoms with E-state index in [2.05, 4.69) is 9.97 Å². The molecule has 0 N–H and O–H groups in total. The molecule has 0 fully saturated rings. The Balaban J connectivity index is 2.95. The van der Waals surface area contributed by atoms with Crippen LogP contribution in [0.1, 0.15) is 5.69 Å². The Morgan fingerprint density at radius 2 is 2.33 bits per heavy atom. The first-order chi connectivity index (χ1) is 5.61. The maximum absolute atomic E-state index is 10.7. The fraction of sp³-hybridized carbons (Fsp3) is 0.286. The maximum Gasteiger partial charge on any atom is 0.322 e. The number of halogens is 1. The monoisotopic (exact) mass is 185 g/mol. The van der Waals surface area contributed by atoms with Crippen molar-refractivity contribution in [3.05, 3.63) is 18.0 Å². The van der Waals surface area contributed by atoms with Gasteiger partial charge in [0.1, 0.15) is 0 Å². The molecule has 64 valence electrons. The third-order valence-corrected chi connectivity index (χ3v) is 1.60. The summed E-state index contributed by atoms with van der Waals surface area (Å²) < 4.78 is 0. The summed E-state index contributed by atoms with van der Waals surface area (Å²) in [6, 6.07) is 1.75. The lowest BCUT2D eigenvalue weighted by molar-refractivity contribution is 0.265. The molecule has 0 spiro atoms. The van der Waals surface area contributed by atoms with Gasteiger partial charge < -0.3 is 0 Å². The number of carbonyl (C=O) groups is 1. The number of aromatic nitrogens is 2. The van der Waals surface area contributed by atoms with Gasteiger partial charge in [-0.15, -0.1) is 0 Å². The van der Waals surface area contributed by atoms with E-state index >= 15 is 0 Å². The van der Waals surface area contributed by atoms with Gasteiger partial charge in [-0.3, -0.25) is 9.69 Å². The van der Waals surface area contributed by atoms with Gasteiger partial charge in [-0.05, 0) is 24.6 Å². The van der Waals surface area contributed by atoms with E-state index in [0.29, 0.717) is 5.95 Å². The molecule has 0 unspecified atom stereocenters. The van der Waals surface area contributed by atoms with Crippen LogP contribution in [0.5, 0.6) is 0 Å². The normalized spacial score (nSPS) is 9.58. The lowest BCUT2D eigenvalue weighted by atomic mass is 10.5. The summed E-state index contributed by atoms with van der Waals surface area (Å²) in [5.41, 5.74) is 0.796. The quantitative estimate of drug-likeness (QED) is 0.493. The largest absolute Gasteiger partial charge is 0.322 e. The van der Waals surface area contributed by atoms with Crippen molar-refractivity contribution in [2.45, 2.75) is 6.92 Å². The van der Waals surface area contributed by atoms with E-state index in [1.807, 2.05) is 6.92 Å². The van der Waals surface area contributed by atoms with Crippen molar-refractivity contribution in [1.82, 2.24) is 9.97 Å². The van der Waals surface area contributed by atoms with Crippen molar-refractivity contribution < 1.29 is 4.79 Å². The third-order valence-electron chi connectivity index (χ3n) is 1.35. The lowest BCUT2D eigenvalue weighted by Crippen LogP contribution is -2.22. The van der Waals surface area contributed by atoms with Crippen LogP contribution in [0.2, 0.25) is 0 Å². The molecule has 0 radical (unpaired) electrons. The molecule has 0 saturated heterocycles. The Bertz CT molecular complexity index is 302. The van der Waals surface area contributed by atoms with Crippen LogP contribution in [0.4, 0.5) is 10.7 Å². The zero-order chi connectivity index (χ0) is 9.14. The summed E-state index contributed by atoms with van der Waals surface area (Å²) >= 11 is 5.22. The molecule has 4 nitrogen and oxygen atoms in total. The minimum atomic E-state index is -0.597. The van der Waals surface area contributed by atoms with Crippen molar-refractivity contribution in [2.24, 2.45) is 0 Å². The molecular weight excluding hydrogens is 178 g/mol. The third kappa shape index (κ3) is 1.92. The first-order valence-corrected chi connectivity index (χ1v) is 3.72. The van der Waals surface area contributed by atoms with Crippen LogP contribution in [0.25, 0.3) is 0 Å². The second-order valence-corrected chi connectivity index (χ2v) is 2.63. The number of aryl methyl sites for hydroxylation is 1. The molecule has 0 aliphatic rings. The van der Waals surface area contributed by atoms with Crippen molar-refractivity contribution in [3.8, 4) is 0 Å². The highest BCUT2D eigenvalue weighted by atomic mass is 35.5. The molecule has 1 rings (SSSR count). The van der Waals surface area contributed by atoms with E-state index in [4.69, 9.17) is 11.6 Å². The zero-order valence-electron chi connectivity index (χ0n) is 6.78. The first-order valence-electron chi connectivity index (χ1n) is 3.34. The maximum atomic E-state index is 10.7. The number of hydrogen-bond donors (Lipinski definition) is 0. The molecule has 0 saturated carbocycles. The van der Waals surface area contributed by atoms with Gasteiger partial charge >= 0.3 is 5.37 Å². The van der Waals surface area contributed by atoms with Gasteiger partial charge in [0.25, 0.3) is 0 Å².